The number of aliphatic imine (C=N–C) groups is 1. The summed E-state index contributed by atoms with van der Waals surface area (Å²) in [6, 6.07) is 17.0. The van der Waals surface area contributed by atoms with E-state index >= 15 is 0 Å². The molecule has 0 unspecified atom stereocenters. The van der Waals surface area contributed by atoms with Gasteiger partial charge < -0.3 is 9.52 Å². The summed E-state index contributed by atoms with van der Waals surface area (Å²) in [5.74, 6) is 0.111. The number of hydrogen-bond donors (Lipinski definition) is 1. The highest BCUT2D eigenvalue weighted by molar-refractivity contribution is 6.78. The van der Waals surface area contributed by atoms with Crippen molar-refractivity contribution in [2.45, 2.75) is 0 Å². The smallest absolute Gasteiger partial charge is 0.310 e. The van der Waals surface area contributed by atoms with Gasteiger partial charge in [-0.15, -0.1) is 0 Å². The molecule has 112 valence electrons. The van der Waals surface area contributed by atoms with Crippen molar-refractivity contribution in [1.82, 2.24) is 4.98 Å². The maximum absolute atomic E-state index is 10.0. The Hall–Kier alpha value is -2.85. The Balaban J connectivity index is 1.78. The van der Waals surface area contributed by atoms with E-state index in [4.69, 9.17) is 16.0 Å². The molecule has 0 atom stereocenters. The molecule has 5 heteroatoms. The van der Waals surface area contributed by atoms with E-state index in [1.807, 2.05) is 54.6 Å². The van der Waals surface area contributed by atoms with Crippen LogP contribution in [0.1, 0.15) is 11.3 Å². The molecule has 2 aromatic carbocycles. The third-order valence-electron chi connectivity index (χ3n) is 3.57. The Bertz CT molecular complexity index is 943. The summed E-state index contributed by atoms with van der Waals surface area (Å²) < 4.78 is 5.35. The van der Waals surface area contributed by atoms with E-state index in [0.29, 0.717) is 22.3 Å². The highest BCUT2D eigenvalue weighted by Crippen LogP contribution is 2.38. The van der Waals surface area contributed by atoms with Gasteiger partial charge in [-0.25, -0.2) is 9.98 Å². The molecule has 23 heavy (non-hydrogen) atoms. The zero-order valence-electron chi connectivity index (χ0n) is 11.9. The van der Waals surface area contributed by atoms with Gasteiger partial charge in [-0.2, -0.15) is 0 Å². The van der Waals surface area contributed by atoms with Crippen molar-refractivity contribution in [3.63, 3.8) is 0 Å². The van der Waals surface area contributed by atoms with Crippen LogP contribution in [0.25, 0.3) is 23.1 Å². The number of benzene rings is 2. The lowest BCUT2D eigenvalue weighted by molar-refractivity contribution is 0.336. The number of halogens is 1. The van der Waals surface area contributed by atoms with Crippen LogP contribution < -0.4 is 0 Å². The zero-order chi connectivity index (χ0) is 15.8. The molecule has 3 aromatic rings. The van der Waals surface area contributed by atoms with E-state index in [0.717, 1.165) is 16.8 Å². The Kier molecular flexibility index (Phi) is 3.24. The molecule has 4 rings (SSSR count). The van der Waals surface area contributed by atoms with Crippen LogP contribution in [-0.4, -0.2) is 15.3 Å². The number of rotatable bonds is 2. The van der Waals surface area contributed by atoms with E-state index in [2.05, 4.69) is 9.98 Å². The molecule has 0 bridgehead atoms. The van der Waals surface area contributed by atoms with Gasteiger partial charge in [0.05, 0.1) is 5.69 Å². The summed E-state index contributed by atoms with van der Waals surface area (Å²) in [6.45, 7) is 0. The second-order valence-corrected chi connectivity index (χ2v) is 5.41. The Morgan fingerprint density at radius 1 is 1.00 bits per heavy atom. The predicted molar refractivity (Wildman–Crippen MR) is 90.9 cm³/mol. The fourth-order valence-corrected chi connectivity index (χ4v) is 2.72. The van der Waals surface area contributed by atoms with Crippen molar-refractivity contribution in [3.05, 3.63) is 65.9 Å². The summed E-state index contributed by atoms with van der Waals surface area (Å²) in [7, 11) is 0. The number of aromatic nitrogens is 1. The topological polar surface area (TPSA) is 58.6 Å². The Labute approximate surface area is 137 Å². The number of oxazole rings is 1. The van der Waals surface area contributed by atoms with E-state index in [1.165, 1.54) is 0 Å². The number of fused-ring (bicyclic) bond motifs is 1. The molecule has 2 heterocycles. The molecule has 0 saturated carbocycles. The summed E-state index contributed by atoms with van der Waals surface area (Å²) in [4.78, 5) is 8.64. The highest BCUT2D eigenvalue weighted by atomic mass is 35.5. The van der Waals surface area contributed by atoms with Crippen LogP contribution >= 0.6 is 11.6 Å². The Morgan fingerprint density at radius 3 is 2.57 bits per heavy atom. The van der Waals surface area contributed by atoms with Crippen LogP contribution in [0, 0.1) is 0 Å². The predicted octanol–water partition coefficient (Wildman–Crippen LogP) is 4.87. The van der Waals surface area contributed by atoms with Gasteiger partial charge in [-0.3, -0.25) is 0 Å². The molecule has 0 saturated heterocycles. The van der Waals surface area contributed by atoms with Gasteiger partial charge in [0.25, 0.3) is 0 Å². The fraction of sp³-hybridized carbons (Fsp3) is 0. The summed E-state index contributed by atoms with van der Waals surface area (Å²) in [5.41, 5.74) is 3.53. The van der Waals surface area contributed by atoms with Crippen LogP contribution in [0.3, 0.4) is 0 Å². The number of aromatic hydroxyl groups is 1. The van der Waals surface area contributed by atoms with Crippen LogP contribution in [0.2, 0.25) is 0 Å². The first kappa shape index (κ1) is 13.8. The monoisotopic (exact) mass is 322 g/mol. The molecule has 0 spiro atoms. The molecule has 4 nitrogen and oxygen atoms in total. The van der Waals surface area contributed by atoms with Crippen molar-refractivity contribution in [2.24, 2.45) is 4.99 Å². The maximum atomic E-state index is 10.0. The average molecular weight is 323 g/mol. The van der Waals surface area contributed by atoms with Crippen molar-refractivity contribution < 1.29 is 9.52 Å². The maximum Gasteiger partial charge on any atom is 0.310 e. The minimum Gasteiger partial charge on any atom is -0.479 e. The zero-order valence-corrected chi connectivity index (χ0v) is 12.7. The lowest BCUT2D eigenvalue weighted by Crippen LogP contribution is -1.87. The van der Waals surface area contributed by atoms with E-state index in [1.54, 1.807) is 6.08 Å². The SMILES string of the molecule is Oc1oc(-c2ccccc2)nc1/C=C1\C(Cl)=Nc2ccccc21. The summed E-state index contributed by atoms with van der Waals surface area (Å²) in [6.07, 6.45) is 1.68. The summed E-state index contributed by atoms with van der Waals surface area (Å²) >= 11 is 6.21. The van der Waals surface area contributed by atoms with Crippen molar-refractivity contribution in [3.8, 4) is 17.4 Å². The third-order valence-corrected chi connectivity index (χ3v) is 3.86. The molecule has 1 aromatic heterocycles. The second kappa shape index (κ2) is 5.41. The molecule has 1 aliphatic heterocycles. The standard InChI is InChI=1S/C18H11ClN2O2/c19-16-13(12-8-4-5-9-14(12)20-16)10-15-18(22)23-17(21-15)11-6-2-1-3-7-11/h1-10,22H/b13-10-. The van der Waals surface area contributed by atoms with Gasteiger partial charge in [0.15, 0.2) is 0 Å². The lowest BCUT2D eigenvalue weighted by Gasteiger charge is -1.98. The number of nitrogens with zero attached hydrogens (tertiary/aromatic N) is 2. The second-order valence-electron chi connectivity index (χ2n) is 5.05. The molecule has 0 radical (unpaired) electrons. The first-order valence-electron chi connectivity index (χ1n) is 7.03. The van der Waals surface area contributed by atoms with E-state index in [9.17, 15) is 5.11 Å². The first-order valence-corrected chi connectivity index (χ1v) is 7.41. The van der Waals surface area contributed by atoms with Crippen molar-refractivity contribution in [2.75, 3.05) is 0 Å². The van der Waals surface area contributed by atoms with Crippen molar-refractivity contribution >= 4 is 34.1 Å². The van der Waals surface area contributed by atoms with Gasteiger partial charge in [-0.05, 0) is 24.3 Å². The normalized spacial score (nSPS) is 14.8. The number of allylic oxidation sites excluding steroid dienone is 1. The van der Waals surface area contributed by atoms with Crippen LogP contribution in [0.15, 0.2) is 64.0 Å². The molecule has 1 N–H and O–H groups in total. The van der Waals surface area contributed by atoms with E-state index in [-0.39, 0.29) is 5.95 Å². The van der Waals surface area contributed by atoms with Gasteiger partial charge in [-0.1, -0.05) is 48.0 Å². The third kappa shape index (κ3) is 2.43. The molecule has 0 amide bonds. The molecule has 1 aliphatic rings. The minimum absolute atomic E-state index is 0.245. The number of para-hydroxylation sites is 1. The van der Waals surface area contributed by atoms with Gasteiger partial charge in [0.1, 0.15) is 10.9 Å². The quantitative estimate of drug-likeness (QED) is 0.732. The molecular formula is C18H11ClN2O2. The molecule has 0 aliphatic carbocycles. The fourth-order valence-electron chi connectivity index (χ4n) is 2.47. The van der Waals surface area contributed by atoms with Crippen LogP contribution in [-0.2, 0) is 0 Å². The Morgan fingerprint density at radius 2 is 1.74 bits per heavy atom. The van der Waals surface area contributed by atoms with Gasteiger partial charge >= 0.3 is 5.95 Å². The van der Waals surface area contributed by atoms with Crippen molar-refractivity contribution in [1.29, 1.82) is 0 Å². The number of hydrogen-bond acceptors (Lipinski definition) is 4. The molecule has 0 fully saturated rings. The van der Waals surface area contributed by atoms with Crippen LogP contribution in [0.4, 0.5) is 5.69 Å². The average Bonchev–Trinajstić information content (AvgIpc) is 3.10. The minimum atomic E-state index is -0.245. The lowest BCUT2D eigenvalue weighted by atomic mass is 10.1. The van der Waals surface area contributed by atoms with Gasteiger partial charge in [0.2, 0.25) is 5.89 Å². The largest absolute Gasteiger partial charge is 0.479 e. The van der Waals surface area contributed by atoms with Crippen LogP contribution in [0.5, 0.6) is 5.95 Å². The molecular weight excluding hydrogens is 312 g/mol. The van der Waals surface area contributed by atoms with Gasteiger partial charge in [0, 0.05) is 16.7 Å². The highest BCUT2D eigenvalue weighted by Gasteiger charge is 2.21. The first-order chi connectivity index (χ1) is 11.2. The van der Waals surface area contributed by atoms with E-state index < -0.39 is 0 Å². The summed E-state index contributed by atoms with van der Waals surface area (Å²) in [5, 5.41) is 10.4.